The summed E-state index contributed by atoms with van der Waals surface area (Å²) < 4.78 is 1.66. The second kappa shape index (κ2) is 10.9. The SMILES string of the molecule is CC1=C(C(=O)Nc2ccc(C)cc2C)[C@H](c2ccc([N+](=O)[O-])cc2)n2nc(SCc3cccc(Cl)c3)nc2N1. The third-order valence-corrected chi connectivity index (χ3v) is 7.53. The quantitative estimate of drug-likeness (QED) is 0.147. The molecule has 4 aromatic rings. The Morgan fingerprint density at radius 2 is 1.90 bits per heavy atom. The standard InChI is InChI=1S/C28H25ClN6O3S/c1-16-7-12-23(17(2)13-16)31-26(36)24-18(3)30-27-32-28(39-15-19-5-4-6-21(29)14-19)33-34(27)25(24)20-8-10-22(11-9-20)35(37)38/h4-14,25H,15H2,1-3H3,(H,31,36)(H,30,32,33)/t25-/m0/s1. The van der Waals surface area contributed by atoms with Crippen LogP contribution in [0.1, 0.15) is 35.2 Å². The Hall–Kier alpha value is -4.15. The predicted octanol–water partition coefficient (Wildman–Crippen LogP) is 6.68. The van der Waals surface area contributed by atoms with E-state index in [1.54, 1.807) is 16.8 Å². The lowest BCUT2D eigenvalue weighted by atomic mass is 9.94. The van der Waals surface area contributed by atoms with E-state index in [1.807, 2.05) is 63.2 Å². The van der Waals surface area contributed by atoms with E-state index < -0.39 is 11.0 Å². The highest BCUT2D eigenvalue weighted by molar-refractivity contribution is 7.98. The molecule has 11 heteroatoms. The van der Waals surface area contributed by atoms with E-state index in [0.717, 1.165) is 16.7 Å². The number of non-ortho nitro benzene ring substituents is 1. The van der Waals surface area contributed by atoms with Crippen molar-refractivity contribution in [1.29, 1.82) is 0 Å². The lowest BCUT2D eigenvalue weighted by molar-refractivity contribution is -0.384. The van der Waals surface area contributed by atoms with Gasteiger partial charge < -0.3 is 10.6 Å². The average molecular weight is 561 g/mol. The van der Waals surface area contributed by atoms with Crippen LogP contribution in [0.15, 0.2) is 83.2 Å². The van der Waals surface area contributed by atoms with Gasteiger partial charge >= 0.3 is 0 Å². The maximum Gasteiger partial charge on any atom is 0.269 e. The van der Waals surface area contributed by atoms with Gasteiger partial charge in [-0.3, -0.25) is 14.9 Å². The lowest BCUT2D eigenvalue weighted by Gasteiger charge is -2.28. The number of rotatable bonds is 7. The van der Waals surface area contributed by atoms with Gasteiger partial charge in [-0.05, 0) is 67.8 Å². The number of allylic oxidation sites excluding steroid dienone is 1. The Morgan fingerprint density at radius 1 is 1.13 bits per heavy atom. The van der Waals surface area contributed by atoms with E-state index in [0.29, 0.717) is 44.4 Å². The van der Waals surface area contributed by atoms with Crippen molar-refractivity contribution in [2.45, 2.75) is 37.7 Å². The fourth-order valence-corrected chi connectivity index (χ4v) is 5.48. The molecule has 0 aliphatic carbocycles. The topological polar surface area (TPSA) is 115 Å². The van der Waals surface area contributed by atoms with E-state index in [-0.39, 0.29) is 11.6 Å². The largest absolute Gasteiger partial charge is 0.328 e. The van der Waals surface area contributed by atoms with E-state index in [9.17, 15) is 14.9 Å². The summed E-state index contributed by atoms with van der Waals surface area (Å²) in [6.45, 7) is 5.75. The number of hydrogen-bond acceptors (Lipinski definition) is 7. The average Bonchev–Trinajstić information content (AvgIpc) is 3.30. The number of aryl methyl sites for hydroxylation is 2. The van der Waals surface area contributed by atoms with Gasteiger partial charge in [-0.15, -0.1) is 5.10 Å². The first kappa shape index (κ1) is 26.5. The van der Waals surface area contributed by atoms with Crippen LogP contribution in [0.2, 0.25) is 5.02 Å². The molecule has 2 N–H and O–H groups in total. The summed E-state index contributed by atoms with van der Waals surface area (Å²) in [5.41, 5.74) is 5.46. The van der Waals surface area contributed by atoms with Gasteiger partial charge in [0.2, 0.25) is 11.1 Å². The summed E-state index contributed by atoms with van der Waals surface area (Å²) in [4.78, 5) is 29.2. The molecule has 5 rings (SSSR count). The second-order valence-electron chi connectivity index (χ2n) is 9.27. The van der Waals surface area contributed by atoms with Crippen molar-refractivity contribution in [3.8, 4) is 0 Å². The molecule has 0 spiro atoms. The number of anilines is 2. The van der Waals surface area contributed by atoms with Crippen LogP contribution in [0.25, 0.3) is 0 Å². The Bertz CT molecular complexity index is 1620. The lowest BCUT2D eigenvalue weighted by Crippen LogP contribution is -2.31. The predicted molar refractivity (Wildman–Crippen MR) is 153 cm³/mol. The van der Waals surface area contributed by atoms with Crippen LogP contribution in [0.3, 0.4) is 0 Å². The molecule has 1 aliphatic rings. The fourth-order valence-electron chi connectivity index (χ4n) is 4.49. The van der Waals surface area contributed by atoms with Crippen LogP contribution in [-0.2, 0) is 10.5 Å². The zero-order valence-electron chi connectivity index (χ0n) is 21.4. The van der Waals surface area contributed by atoms with Crippen molar-refractivity contribution in [2.24, 2.45) is 0 Å². The highest BCUT2D eigenvalue weighted by atomic mass is 35.5. The number of carbonyl (C=O) groups excluding carboxylic acids is 1. The van der Waals surface area contributed by atoms with Gasteiger partial charge in [0.1, 0.15) is 6.04 Å². The van der Waals surface area contributed by atoms with Crippen molar-refractivity contribution in [1.82, 2.24) is 14.8 Å². The second-order valence-corrected chi connectivity index (χ2v) is 10.6. The summed E-state index contributed by atoms with van der Waals surface area (Å²) >= 11 is 7.57. The third kappa shape index (κ3) is 5.67. The van der Waals surface area contributed by atoms with Gasteiger partial charge in [0, 0.05) is 34.3 Å². The number of nitro benzene ring substituents is 1. The van der Waals surface area contributed by atoms with Crippen LogP contribution in [0.4, 0.5) is 17.3 Å². The van der Waals surface area contributed by atoms with Crippen LogP contribution >= 0.6 is 23.4 Å². The first-order chi connectivity index (χ1) is 18.7. The highest BCUT2D eigenvalue weighted by Crippen LogP contribution is 2.37. The van der Waals surface area contributed by atoms with E-state index in [1.165, 1.54) is 23.9 Å². The van der Waals surface area contributed by atoms with Crippen LogP contribution in [0, 0.1) is 24.0 Å². The van der Waals surface area contributed by atoms with E-state index in [4.69, 9.17) is 16.7 Å². The molecule has 0 radical (unpaired) electrons. The number of carbonyl (C=O) groups is 1. The van der Waals surface area contributed by atoms with Crippen LogP contribution in [-0.4, -0.2) is 25.6 Å². The highest BCUT2D eigenvalue weighted by Gasteiger charge is 2.34. The summed E-state index contributed by atoms with van der Waals surface area (Å²) in [5.74, 6) is 0.788. The number of nitrogens with one attached hydrogen (secondary N) is 2. The molecule has 198 valence electrons. The van der Waals surface area contributed by atoms with Crippen molar-refractivity contribution in [3.05, 3.63) is 115 Å². The molecule has 1 aliphatic heterocycles. The zero-order valence-corrected chi connectivity index (χ0v) is 23.0. The monoisotopic (exact) mass is 560 g/mol. The first-order valence-electron chi connectivity index (χ1n) is 12.1. The first-order valence-corrected chi connectivity index (χ1v) is 13.5. The minimum absolute atomic E-state index is 0.0359. The molecule has 0 saturated carbocycles. The Morgan fingerprint density at radius 3 is 2.59 bits per heavy atom. The molecule has 1 atom stereocenters. The number of nitrogens with zero attached hydrogens (tertiary/aromatic N) is 4. The molecule has 1 amide bonds. The molecule has 9 nitrogen and oxygen atoms in total. The minimum Gasteiger partial charge on any atom is -0.328 e. The number of halogens is 1. The molecule has 2 heterocycles. The molecule has 1 aromatic heterocycles. The van der Waals surface area contributed by atoms with Crippen molar-refractivity contribution in [2.75, 3.05) is 10.6 Å². The van der Waals surface area contributed by atoms with Crippen molar-refractivity contribution in [3.63, 3.8) is 0 Å². The molecular formula is C28H25ClN6O3S. The van der Waals surface area contributed by atoms with Gasteiger partial charge in [-0.1, -0.05) is 53.2 Å². The van der Waals surface area contributed by atoms with Gasteiger partial charge in [0.25, 0.3) is 11.6 Å². The number of benzene rings is 3. The maximum absolute atomic E-state index is 13.7. The number of aromatic nitrogens is 3. The van der Waals surface area contributed by atoms with Gasteiger partial charge in [-0.25, -0.2) is 4.68 Å². The molecule has 0 unspecified atom stereocenters. The summed E-state index contributed by atoms with van der Waals surface area (Å²) in [6.07, 6.45) is 0. The number of amides is 1. The number of thioether (sulfide) groups is 1. The Kier molecular flexibility index (Phi) is 7.40. The van der Waals surface area contributed by atoms with E-state index in [2.05, 4.69) is 15.6 Å². The molecule has 0 saturated heterocycles. The molecule has 39 heavy (non-hydrogen) atoms. The molecule has 3 aromatic carbocycles. The Balaban J connectivity index is 1.51. The number of hydrogen-bond donors (Lipinski definition) is 2. The van der Waals surface area contributed by atoms with E-state index >= 15 is 0 Å². The fraction of sp³-hybridized carbons (Fsp3) is 0.179. The van der Waals surface area contributed by atoms with Crippen LogP contribution in [0.5, 0.6) is 0 Å². The third-order valence-electron chi connectivity index (χ3n) is 6.38. The molecular weight excluding hydrogens is 536 g/mol. The van der Waals surface area contributed by atoms with Crippen molar-refractivity contribution >= 4 is 46.6 Å². The maximum atomic E-state index is 13.7. The number of fused-ring (bicyclic) bond motifs is 1. The smallest absolute Gasteiger partial charge is 0.269 e. The van der Waals surface area contributed by atoms with Gasteiger partial charge in [0.05, 0.1) is 10.5 Å². The Labute approximate surface area is 234 Å². The summed E-state index contributed by atoms with van der Waals surface area (Å²) in [6, 6.07) is 18.9. The normalized spacial score (nSPS) is 14.5. The molecule has 0 fully saturated rings. The van der Waals surface area contributed by atoms with Crippen LogP contribution < -0.4 is 10.6 Å². The summed E-state index contributed by atoms with van der Waals surface area (Å²) in [7, 11) is 0. The van der Waals surface area contributed by atoms with Gasteiger partial charge in [0.15, 0.2) is 0 Å². The summed E-state index contributed by atoms with van der Waals surface area (Å²) in [5, 5.41) is 23.4. The number of nitro groups is 1. The molecule has 0 bridgehead atoms. The van der Waals surface area contributed by atoms with Gasteiger partial charge in [-0.2, -0.15) is 4.98 Å². The van der Waals surface area contributed by atoms with Crippen molar-refractivity contribution < 1.29 is 9.72 Å². The minimum atomic E-state index is -0.652. The zero-order chi connectivity index (χ0) is 27.7.